The van der Waals surface area contributed by atoms with E-state index >= 15 is 0 Å². The van der Waals surface area contributed by atoms with Gasteiger partial charge in [-0.25, -0.2) is 4.98 Å². The van der Waals surface area contributed by atoms with Crippen molar-refractivity contribution in [2.24, 2.45) is 0 Å². The summed E-state index contributed by atoms with van der Waals surface area (Å²) in [6.45, 7) is 1.90. The van der Waals surface area contributed by atoms with Crippen molar-refractivity contribution in [1.29, 1.82) is 5.26 Å². The number of carbonyl (C=O) groups excluding carboxylic acids is 1. The smallest absolute Gasteiger partial charge is 0.120 e. The van der Waals surface area contributed by atoms with Crippen molar-refractivity contribution >= 4 is 6.29 Å². The van der Waals surface area contributed by atoms with E-state index in [2.05, 4.69) is 16.0 Å². The van der Waals surface area contributed by atoms with Gasteiger partial charge in [-0.2, -0.15) is 5.26 Å². The first kappa shape index (κ1) is 13.0. The van der Waals surface area contributed by atoms with Gasteiger partial charge in [0.2, 0.25) is 0 Å². The van der Waals surface area contributed by atoms with E-state index in [1.807, 2.05) is 25.3 Å². The van der Waals surface area contributed by atoms with Crippen molar-refractivity contribution in [1.82, 2.24) is 9.97 Å². The highest BCUT2D eigenvalue weighted by Crippen LogP contribution is 2.27. The number of aryl methyl sites for hydroxylation is 1. The summed E-state index contributed by atoms with van der Waals surface area (Å²) in [5, 5.41) is 8.82. The predicted octanol–water partition coefficient (Wildman–Crippen LogP) is 2.70. The third kappa shape index (κ3) is 3.08. The fourth-order valence-electron chi connectivity index (χ4n) is 2.13. The minimum Gasteiger partial charge on any atom is -0.349 e. The van der Waals surface area contributed by atoms with Crippen LogP contribution in [0.1, 0.15) is 41.4 Å². The number of H-pyrrole nitrogens is 1. The number of nitrogens with one attached hydrogen (secondary N) is 1. The van der Waals surface area contributed by atoms with Gasteiger partial charge in [-0.1, -0.05) is 12.1 Å². The fourth-order valence-corrected chi connectivity index (χ4v) is 2.13. The molecule has 1 N–H and O–H groups in total. The highest BCUT2D eigenvalue weighted by atomic mass is 16.1. The summed E-state index contributed by atoms with van der Waals surface area (Å²) in [6, 6.07) is 9.55. The Kier molecular flexibility index (Phi) is 4.09. The zero-order valence-corrected chi connectivity index (χ0v) is 10.8. The summed E-state index contributed by atoms with van der Waals surface area (Å²) in [4.78, 5) is 18.1. The molecule has 4 heteroatoms. The molecule has 0 aliphatic carbocycles. The van der Waals surface area contributed by atoms with Crippen LogP contribution in [0.15, 0.2) is 30.5 Å². The molecule has 19 heavy (non-hydrogen) atoms. The first-order valence-electron chi connectivity index (χ1n) is 6.20. The van der Waals surface area contributed by atoms with Gasteiger partial charge in [-0.05, 0) is 31.0 Å². The van der Waals surface area contributed by atoms with Crippen molar-refractivity contribution in [2.45, 2.75) is 25.7 Å². The zero-order valence-electron chi connectivity index (χ0n) is 10.8. The molecule has 0 saturated heterocycles. The van der Waals surface area contributed by atoms with E-state index in [4.69, 9.17) is 5.26 Å². The normalized spacial score (nSPS) is 11.8. The molecule has 4 nitrogen and oxygen atoms in total. The molecule has 96 valence electrons. The molecular formula is C15H15N3O. The molecular weight excluding hydrogens is 238 g/mol. The highest BCUT2D eigenvalue weighted by Gasteiger charge is 2.16. The summed E-state index contributed by atoms with van der Waals surface area (Å²) in [7, 11) is 0. The second-order valence-electron chi connectivity index (χ2n) is 4.44. The van der Waals surface area contributed by atoms with Crippen LogP contribution in [0.4, 0.5) is 0 Å². The van der Waals surface area contributed by atoms with E-state index in [1.165, 1.54) is 0 Å². The van der Waals surface area contributed by atoms with Crippen LogP contribution < -0.4 is 0 Å². The molecule has 0 fully saturated rings. The predicted molar refractivity (Wildman–Crippen MR) is 71.6 cm³/mol. The summed E-state index contributed by atoms with van der Waals surface area (Å²) < 4.78 is 0. The monoisotopic (exact) mass is 253 g/mol. The van der Waals surface area contributed by atoms with Crippen molar-refractivity contribution in [2.75, 3.05) is 0 Å². The van der Waals surface area contributed by atoms with Gasteiger partial charge in [-0.15, -0.1) is 0 Å². The van der Waals surface area contributed by atoms with Gasteiger partial charge in [0.15, 0.2) is 0 Å². The van der Waals surface area contributed by atoms with E-state index in [-0.39, 0.29) is 5.92 Å². The molecule has 0 aliphatic rings. The van der Waals surface area contributed by atoms with E-state index in [9.17, 15) is 4.79 Å². The lowest BCUT2D eigenvalue weighted by molar-refractivity contribution is -0.107. The third-order valence-corrected chi connectivity index (χ3v) is 3.10. The Morgan fingerprint density at radius 1 is 1.42 bits per heavy atom. The van der Waals surface area contributed by atoms with E-state index in [0.717, 1.165) is 29.8 Å². The van der Waals surface area contributed by atoms with Crippen LogP contribution in [-0.4, -0.2) is 16.3 Å². The van der Waals surface area contributed by atoms with Crippen LogP contribution in [0.2, 0.25) is 0 Å². The van der Waals surface area contributed by atoms with Crippen LogP contribution >= 0.6 is 0 Å². The Labute approximate surface area is 112 Å². The lowest BCUT2D eigenvalue weighted by Crippen LogP contribution is -2.02. The van der Waals surface area contributed by atoms with Crippen molar-refractivity contribution < 1.29 is 4.79 Å². The second kappa shape index (κ2) is 5.96. The number of aldehydes is 1. The molecule has 1 heterocycles. The van der Waals surface area contributed by atoms with Gasteiger partial charge in [0, 0.05) is 18.5 Å². The van der Waals surface area contributed by atoms with Gasteiger partial charge in [0.25, 0.3) is 0 Å². The Hall–Kier alpha value is -2.41. The second-order valence-corrected chi connectivity index (χ2v) is 4.44. The SMILES string of the molecule is Cc1nc(C(CCC=O)c2ccc(C#N)cc2)c[nH]1. The van der Waals surface area contributed by atoms with Gasteiger partial charge in [0.1, 0.15) is 12.1 Å². The summed E-state index contributed by atoms with van der Waals surface area (Å²) >= 11 is 0. The molecule has 0 aliphatic heterocycles. The molecule has 2 rings (SSSR count). The maximum atomic E-state index is 10.6. The van der Waals surface area contributed by atoms with E-state index in [1.54, 1.807) is 12.1 Å². The van der Waals surface area contributed by atoms with Crippen molar-refractivity contribution in [3.05, 3.63) is 53.1 Å². The lowest BCUT2D eigenvalue weighted by atomic mass is 9.91. The van der Waals surface area contributed by atoms with Gasteiger partial charge >= 0.3 is 0 Å². The van der Waals surface area contributed by atoms with Gasteiger partial charge < -0.3 is 9.78 Å². The Balaban J connectivity index is 2.31. The number of carbonyl (C=O) groups is 1. The molecule has 1 unspecified atom stereocenters. The zero-order chi connectivity index (χ0) is 13.7. The molecule has 1 aromatic heterocycles. The molecule has 1 aromatic carbocycles. The van der Waals surface area contributed by atoms with Crippen LogP contribution in [0, 0.1) is 18.3 Å². The number of aromatic nitrogens is 2. The number of imidazole rings is 1. The number of benzene rings is 1. The summed E-state index contributed by atoms with van der Waals surface area (Å²) in [6.07, 6.45) is 4.02. The number of hydrogen-bond donors (Lipinski definition) is 1. The standard InChI is InChI=1S/C15H15N3O/c1-11-17-10-15(18-11)14(3-2-8-19)13-6-4-12(9-16)5-7-13/h4-8,10,14H,2-3H2,1H3,(H,17,18). The molecule has 0 saturated carbocycles. The minimum absolute atomic E-state index is 0.0860. The first-order valence-corrected chi connectivity index (χ1v) is 6.20. The molecule has 0 bridgehead atoms. The van der Waals surface area contributed by atoms with Crippen molar-refractivity contribution in [3.8, 4) is 6.07 Å². The van der Waals surface area contributed by atoms with E-state index < -0.39 is 0 Å². The van der Waals surface area contributed by atoms with Crippen LogP contribution in [0.5, 0.6) is 0 Å². The molecule has 2 aromatic rings. The van der Waals surface area contributed by atoms with Gasteiger partial charge in [0.05, 0.1) is 17.3 Å². The van der Waals surface area contributed by atoms with Crippen LogP contribution in [0.3, 0.4) is 0 Å². The van der Waals surface area contributed by atoms with E-state index in [0.29, 0.717) is 12.0 Å². The third-order valence-electron chi connectivity index (χ3n) is 3.10. The lowest BCUT2D eigenvalue weighted by Gasteiger charge is -2.13. The van der Waals surface area contributed by atoms with Crippen molar-refractivity contribution in [3.63, 3.8) is 0 Å². The Morgan fingerprint density at radius 2 is 2.16 bits per heavy atom. The van der Waals surface area contributed by atoms with Crippen LogP contribution in [-0.2, 0) is 4.79 Å². The molecule has 0 radical (unpaired) electrons. The maximum absolute atomic E-state index is 10.6. The Bertz CT molecular complexity index is 593. The largest absolute Gasteiger partial charge is 0.349 e. The average molecular weight is 253 g/mol. The molecule has 0 amide bonds. The number of hydrogen-bond acceptors (Lipinski definition) is 3. The molecule has 1 atom stereocenters. The number of nitriles is 1. The fraction of sp³-hybridized carbons (Fsp3) is 0.267. The van der Waals surface area contributed by atoms with Gasteiger partial charge in [-0.3, -0.25) is 0 Å². The maximum Gasteiger partial charge on any atom is 0.120 e. The highest BCUT2D eigenvalue weighted by molar-refractivity contribution is 5.50. The first-order chi connectivity index (χ1) is 9.24. The summed E-state index contributed by atoms with van der Waals surface area (Å²) in [5.74, 6) is 0.947. The molecule has 0 spiro atoms. The topological polar surface area (TPSA) is 69.5 Å². The quantitative estimate of drug-likeness (QED) is 0.833. The average Bonchev–Trinajstić information content (AvgIpc) is 2.86. The number of aromatic amines is 1. The minimum atomic E-state index is 0.0860. The van der Waals surface area contributed by atoms with Crippen LogP contribution in [0.25, 0.3) is 0 Å². The Morgan fingerprint density at radius 3 is 2.68 bits per heavy atom. The number of nitrogens with zero attached hydrogens (tertiary/aromatic N) is 2. The summed E-state index contributed by atoms with van der Waals surface area (Å²) in [5.41, 5.74) is 2.65. The number of rotatable bonds is 5.